The third-order valence-corrected chi connectivity index (χ3v) is 3.74. The zero-order valence-corrected chi connectivity index (χ0v) is 13.4. The number of halogens is 1. The third-order valence-electron chi connectivity index (χ3n) is 2.69. The molecule has 3 N–H and O–H groups in total. The van der Waals surface area contributed by atoms with Crippen LogP contribution in [0.1, 0.15) is 19.4 Å². The molecule has 0 bridgehead atoms. The molecule has 2 rings (SSSR count). The van der Waals surface area contributed by atoms with Crippen LogP contribution in [0, 0.1) is 6.92 Å². The quantitative estimate of drug-likeness (QED) is 0.876. The van der Waals surface area contributed by atoms with E-state index in [1.54, 1.807) is 6.07 Å². The molecule has 0 aliphatic rings. The van der Waals surface area contributed by atoms with Crippen molar-refractivity contribution in [3.63, 3.8) is 0 Å². The van der Waals surface area contributed by atoms with E-state index in [0.717, 1.165) is 15.7 Å². The van der Waals surface area contributed by atoms with E-state index >= 15 is 0 Å². The van der Waals surface area contributed by atoms with Gasteiger partial charge in [-0.25, -0.2) is 0 Å². The van der Waals surface area contributed by atoms with Gasteiger partial charge in [0.1, 0.15) is 5.82 Å². The molecule has 5 heteroatoms. The highest BCUT2D eigenvalue weighted by Gasteiger charge is 2.08. The number of benzene rings is 1. The Bertz CT molecular complexity index is 614. The highest BCUT2D eigenvalue weighted by Crippen LogP contribution is 2.29. The average molecular weight is 336 g/mol. The second-order valence-electron chi connectivity index (χ2n) is 4.82. The highest BCUT2D eigenvalue weighted by atomic mass is 79.9. The molecule has 1 heterocycles. The first kappa shape index (κ1) is 14.7. The highest BCUT2D eigenvalue weighted by molar-refractivity contribution is 9.10. The molecule has 2 aromatic rings. The first-order valence-electron chi connectivity index (χ1n) is 6.42. The Morgan fingerprint density at radius 3 is 2.70 bits per heavy atom. The molecular weight excluding hydrogens is 318 g/mol. The summed E-state index contributed by atoms with van der Waals surface area (Å²) >= 11 is 3.56. The second-order valence-corrected chi connectivity index (χ2v) is 5.61. The molecule has 0 aliphatic heterocycles. The van der Waals surface area contributed by atoms with Crippen molar-refractivity contribution in [2.75, 3.05) is 11.1 Å². The monoisotopic (exact) mass is 335 g/mol. The molecule has 0 atom stereocenters. The van der Waals surface area contributed by atoms with Crippen molar-refractivity contribution >= 4 is 33.1 Å². The maximum Gasteiger partial charge on any atom is 0.239 e. The summed E-state index contributed by atoms with van der Waals surface area (Å²) in [5.41, 5.74) is 8.51. The van der Waals surface area contributed by atoms with Crippen LogP contribution in [0.2, 0.25) is 0 Å². The number of rotatable bonds is 4. The first-order valence-corrected chi connectivity index (χ1v) is 7.22. The lowest BCUT2D eigenvalue weighted by atomic mass is 10.2. The lowest BCUT2D eigenvalue weighted by Crippen LogP contribution is -2.09. The molecule has 0 saturated carbocycles. The maximum atomic E-state index is 5.86. The number of nitrogens with zero attached hydrogens (tertiary/aromatic N) is 1. The van der Waals surface area contributed by atoms with E-state index in [2.05, 4.69) is 26.2 Å². The number of anilines is 3. The number of nitrogen functional groups attached to an aromatic ring is 1. The summed E-state index contributed by atoms with van der Waals surface area (Å²) in [6.45, 7) is 5.93. The molecule has 0 spiro atoms. The smallest absolute Gasteiger partial charge is 0.239 e. The summed E-state index contributed by atoms with van der Waals surface area (Å²) in [6, 6.07) is 9.64. The summed E-state index contributed by atoms with van der Waals surface area (Å²) in [4.78, 5) is 4.40. The van der Waals surface area contributed by atoms with Gasteiger partial charge in [0.15, 0.2) is 0 Å². The minimum atomic E-state index is 0.0331. The van der Waals surface area contributed by atoms with Crippen molar-refractivity contribution in [3.8, 4) is 5.88 Å². The van der Waals surface area contributed by atoms with Crippen molar-refractivity contribution in [1.82, 2.24) is 4.98 Å². The largest absolute Gasteiger partial charge is 0.473 e. The summed E-state index contributed by atoms with van der Waals surface area (Å²) in [5.74, 6) is 1.15. The van der Waals surface area contributed by atoms with Crippen molar-refractivity contribution < 1.29 is 4.74 Å². The lowest BCUT2D eigenvalue weighted by Gasteiger charge is -2.14. The van der Waals surface area contributed by atoms with Crippen LogP contribution < -0.4 is 15.8 Å². The minimum absolute atomic E-state index is 0.0331. The van der Waals surface area contributed by atoms with Gasteiger partial charge in [0.25, 0.3) is 0 Å². The molecule has 4 nitrogen and oxygen atoms in total. The SMILES string of the molecule is Cc1cccc(Nc2ccc(N)c(OC(C)C)n2)c1Br. The summed E-state index contributed by atoms with van der Waals surface area (Å²) in [6.07, 6.45) is 0.0331. The molecule has 0 aliphatic carbocycles. The van der Waals surface area contributed by atoms with Gasteiger partial charge in [0.05, 0.1) is 17.5 Å². The Labute approximate surface area is 127 Å². The summed E-state index contributed by atoms with van der Waals surface area (Å²) in [7, 11) is 0. The Hall–Kier alpha value is -1.75. The van der Waals surface area contributed by atoms with Crippen molar-refractivity contribution in [2.45, 2.75) is 26.9 Å². The van der Waals surface area contributed by atoms with E-state index < -0.39 is 0 Å². The Kier molecular flexibility index (Phi) is 4.49. The van der Waals surface area contributed by atoms with Gasteiger partial charge in [-0.3, -0.25) is 0 Å². The number of nitrogens with one attached hydrogen (secondary N) is 1. The number of aromatic nitrogens is 1. The van der Waals surface area contributed by atoms with Crippen LogP contribution in [0.25, 0.3) is 0 Å². The van der Waals surface area contributed by atoms with E-state index in [9.17, 15) is 0 Å². The van der Waals surface area contributed by atoms with Gasteiger partial charge in [-0.1, -0.05) is 12.1 Å². The normalized spacial score (nSPS) is 10.7. The fraction of sp³-hybridized carbons (Fsp3) is 0.267. The maximum absolute atomic E-state index is 5.86. The number of ether oxygens (including phenoxy) is 1. The molecule has 1 aromatic heterocycles. The first-order chi connectivity index (χ1) is 9.47. The number of pyridine rings is 1. The zero-order valence-electron chi connectivity index (χ0n) is 11.8. The minimum Gasteiger partial charge on any atom is -0.473 e. The van der Waals surface area contributed by atoms with Crippen LogP contribution in [0.15, 0.2) is 34.8 Å². The van der Waals surface area contributed by atoms with Gasteiger partial charge in [0.2, 0.25) is 5.88 Å². The van der Waals surface area contributed by atoms with Crippen LogP contribution in [-0.4, -0.2) is 11.1 Å². The van der Waals surface area contributed by atoms with Gasteiger partial charge < -0.3 is 15.8 Å². The van der Waals surface area contributed by atoms with Gasteiger partial charge in [-0.15, -0.1) is 0 Å². The number of nitrogens with two attached hydrogens (primary N) is 1. The number of hydrogen-bond acceptors (Lipinski definition) is 4. The van der Waals surface area contributed by atoms with Gasteiger partial charge in [0, 0.05) is 4.47 Å². The standard InChI is InChI=1S/C15H18BrN3O/c1-9(2)20-15-11(17)7-8-13(19-15)18-12-6-4-5-10(3)14(12)16/h4-9H,17H2,1-3H3,(H,18,19). The fourth-order valence-corrected chi connectivity index (χ4v) is 2.08. The Morgan fingerprint density at radius 2 is 2.00 bits per heavy atom. The van der Waals surface area contributed by atoms with Crippen LogP contribution in [-0.2, 0) is 0 Å². The molecule has 0 saturated heterocycles. The van der Waals surface area contributed by atoms with Crippen molar-refractivity contribution in [1.29, 1.82) is 0 Å². The zero-order chi connectivity index (χ0) is 14.7. The fourth-order valence-electron chi connectivity index (χ4n) is 1.72. The van der Waals surface area contributed by atoms with Crippen LogP contribution >= 0.6 is 15.9 Å². The molecule has 0 radical (unpaired) electrons. The van der Waals surface area contributed by atoms with Crippen molar-refractivity contribution in [3.05, 3.63) is 40.4 Å². The molecule has 0 amide bonds. The topological polar surface area (TPSA) is 60.2 Å². The molecule has 20 heavy (non-hydrogen) atoms. The van der Waals surface area contributed by atoms with E-state index in [1.807, 2.05) is 45.0 Å². The predicted octanol–water partition coefficient (Wildman–Crippen LogP) is 4.27. The summed E-state index contributed by atoms with van der Waals surface area (Å²) < 4.78 is 6.61. The molecule has 0 fully saturated rings. The molecule has 1 aromatic carbocycles. The second kappa shape index (κ2) is 6.13. The number of hydrogen-bond donors (Lipinski definition) is 2. The molecule has 106 valence electrons. The third kappa shape index (κ3) is 3.42. The van der Waals surface area contributed by atoms with Crippen LogP contribution in [0.5, 0.6) is 5.88 Å². The van der Waals surface area contributed by atoms with Gasteiger partial charge in [-0.2, -0.15) is 4.98 Å². The van der Waals surface area contributed by atoms with Gasteiger partial charge in [-0.05, 0) is 60.5 Å². The molecule has 0 unspecified atom stereocenters. The summed E-state index contributed by atoms with van der Waals surface area (Å²) in [5, 5.41) is 3.26. The van der Waals surface area contributed by atoms with E-state index in [-0.39, 0.29) is 6.10 Å². The predicted molar refractivity (Wildman–Crippen MR) is 86.6 cm³/mol. The van der Waals surface area contributed by atoms with E-state index in [1.165, 1.54) is 0 Å². The lowest BCUT2D eigenvalue weighted by molar-refractivity contribution is 0.234. The Balaban J connectivity index is 2.27. The average Bonchev–Trinajstić information content (AvgIpc) is 2.38. The van der Waals surface area contributed by atoms with E-state index in [0.29, 0.717) is 17.4 Å². The Morgan fingerprint density at radius 1 is 1.25 bits per heavy atom. The van der Waals surface area contributed by atoms with E-state index in [4.69, 9.17) is 10.5 Å². The molecular formula is C15H18BrN3O. The van der Waals surface area contributed by atoms with Crippen molar-refractivity contribution in [2.24, 2.45) is 0 Å². The number of aryl methyl sites for hydroxylation is 1. The van der Waals surface area contributed by atoms with Crippen LogP contribution in [0.3, 0.4) is 0 Å². The van der Waals surface area contributed by atoms with Crippen LogP contribution in [0.4, 0.5) is 17.2 Å². The van der Waals surface area contributed by atoms with Gasteiger partial charge >= 0.3 is 0 Å².